The lowest BCUT2D eigenvalue weighted by molar-refractivity contribution is -0.136. The zero-order valence-corrected chi connectivity index (χ0v) is 10.8. The van der Waals surface area contributed by atoms with Crippen molar-refractivity contribution in [3.05, 3.63) is 48.0 Å². The first kappa shape index (κ1) is 13.1. The highest BCUT2D eigenvalue weighted by Crippen LogP contribution is 2.25. The van der Waals surface area contributed by atoms with E-state index < -0.39 is 5.97 Å². The molecule has 2 rings (SSSR count). The van der Waals surface area contributed by atoms with Crippen LogP contribution in [0.1, 0.15) is 18.4 Å². The van der Waals surface area contributed by atoms with Gasteiger partial charge in [-0.05, 0) is 34.9 Å². The second kappa shape index (κ2) is 6.05. The Balaban J connectivity index is 2.29. The molecular formula is C16H16O3. The first-order valence-corrected chi connectivity index (χ1v) is 6.16. The van der Waals surface area contributed by atoms with Gasteiger partial charge >= 0.3 is 5.97 Å². The predicted molar refractivity (Wildman–Crippen MR) is 76.4 cm³/mol. The van der Waals surface area contributed by atoms with Gasteiger partial charge < -0.3 is 9.84 Å². The molecule has 3 heteroatoms. The molecule has 0 aliphatic carbocycles. The van der Waals surface area contributed by atoms with Gasteiger partial charge in [0, 0.05) is 6.42 Å². The van der Waals surface area contributed by atoms with Crippen molar-refractivity contribution in [2.24, 2.45) is 0 Å². The summed E-state index contributed by atoms with van der Waals surface area (Å²) >= 11 is 0. The van der Waals surface area contributed by atoms with E-state index >= 15 is 0 Å². The SMILES string of the molecule is COc1ccc2cccc(C=CCCC(=O)O)c2c1. The zero-order valence-electron chi connectivity index (χ0n) is 10.8. The van der Waals surface area contributed by atoms with Gasteiger partial charge in [0.05, 0.1) is 7.11 Å². The van der Waals surface area contributed by atoms with E-state index in [0.717, 1.165) is 22.1 Å². The van der Waals surface area contributed by atoms with Crippen LogP contribution in [0.2, 0.25) is 0 Å². The lowest BCUT2D eigenvalue weighted by Crippen LogP contribution is -1.91. The maximum atomic E-state index is 10.5. The fourth-order valence-corrected chi connectivity index (χ4v) is 1.97. The fourth-order valence-electron chi connectivity index (χ4n) is 1.97. The molecule has 0 spiro atoms. The van der Waals surface area contributed by atoms with Crippen LogP contribution in [0, 0.1) is 0 Å². The van der Waals surface area contributed by atoms with Gasteiger partial charge in [-0.25, -0.2) is 0 Å². The molecule has 0 aromatic heterocycles. The Morgan fingerprint density at radius 2 is 2.16 bits per heavy atom. The van der Waals surface area contributed by atoms with E-state index in [1.807, 2.05) is 48.6 Å². The number of methoxy groups -OCH3 is 1. The Labute approximate surface area is 112 Å². The maximum absolute atomic E-state index is 10.5. The molecule has 0 saturated carbocycles. The van der Waals surface area contributed by atoms with Crippen molar-refractivity contribution >= 4 is 22.8 Å². The number of aliphatic carboxylic acids is 1. The van der Waals surface area contributed by atoms with Crippen molar-refractivity contribution in [3.63, 3.8) is 0 Å². The third kappa shape index (κ3) is 3.35. The third-order valence-corrected chi connectivity index (χ3v) is 2.95. The molecule has 98 valence electrons. The van der Waals surface area contributed by atoms with Gasteiger partial charge in [0.15, 0.2) is 0 Å². The number of fused-ring (bicyclic) bond motifs is 1. The molecule has 0 aliphatic heterocycles. The molecular weight excluding hydrogens is 240 g/mol. The summed E-state index contributed by atoms with van der Waals surface area (Å²) in [5, 5.41) is 10.8. The minimum atomic E-state index is -0.774. The standard InChI is InChI=1S/C16H16O3/c1-19-14-10-9-13-7-4-6-12(15(13)11-14)5-2-3-8-16(17)18/h2,4-7,9-11H,3,8H2,1H3,(H,17,18). The molecule has 0 radical (unpaired) electrons. The summed E-state index contributed by atoms with van der Waals surface area (Å²) in [6.07, 6.45) is 4.55. The van der Waals surface area contributed by atoms with E-state index in [1.54, 1.807) is 7.11 Å². The van der Waals surface area contributed by atoms with E-state index in [4.69, 9.17) is 9.84 Å². The zero-order chi connectivity index (χ0) is 13.7. The number of carboxylic acid groups (broad SMARTS) is 1. The molecule has 0 fully saturated rings. The quantitative estimate of drug-likeness (QED) is 0.886. The van der Waals surface area contributed by atoms with Crippen molar-refractivity contribution in [3.8, 4) is 5.75 Å². The summed E-state index contributed by atoms with van der Waals surface area (Å²) in [6, 6.07) is 12.0. The van der Waals surface area contributed by atoms with Gasteiger partial charge in [0.2, 0.25) is 0 Å². The van der Waals surface area contributed by atoms with Gasteiger partial charge in [-0.1, -0.05) is 36.4 Å². The molecule has 0 heterocycles. The lowest BCUT2D eigenvalue weighted by Gasteiger charge is -2.05. The van der Waals surface area contributed by atoms with E-state index in [2.05, 4.69) is 0 Å². The Morgan fingerprint density at radius 1 is 1.32 bits per heavy atom. The average Bonchev–Trinajstić information content (AvgIpc) is 2.43. The largest absolute Gasteiger partial charge is 0.497 e. The van der Waals surface area contributed by atoms with Crippen LogP contribution in [0.4, 0.5) is 0 Å². The van der Waals surface area contributed by atoms with E-state index in [1.165, 1.54) is 0 Å². The number of rotatable bonds is 5. The molecule has 2 aromatic rings. The average molecular weight is 256 g/mol. The number of ether oxygens (including phenoxy) is 1. The van der Waals surface area contributed by atoms with Crippen LogP contribution in [0.15, 0.2) is 42.5 Å². The van der Waals surface area contributed by atoms with Crippen LogP contribution in [-0.4, -0.2) is 18.2 Å². The summed E-state index contributed by atoms with van der Waals surface area (Å²) in [7, 11) is 1.65. The minimum Gasteiger partial charge on any atom is -0.497 e. The highest BCUT2D eigenvalue weighted by molar-refractivity contribution is 5.91. The number of carboxylic acids is 1. The number of hydrogen-bond acceptors (Lipinski definition) is 2. The molecule has 0 bridgehead atoms. The van der Waals surface area contributed by atoms with Crippen molar-refractivity contribution in [2.75, 3.05) is 7.11 Å². The number of benzene rings is 2. The Kier molecular flexibility index (Phi) is 4.18. The maximum Gasteiger partial charge on any atom is 0.303 e. The van der Waals surface area contributed by atoms with Crippen molar-refractivity contribution in [1.29, 1.82) is 0 Å². The number of allylic oxidation sites excluding steroid dienone is 1. The van der Waals surface area contributed by atoms with Gasteiger partial charge in [-0.3, -0.25) is 4.79 Å². The number of carbonyl (C=O) groups is 1. The van der Waals surface area contributed by atoms with Crippen molar-refractivity contribution in [1.82, 2.24) is 0 Å². The monoisotopic (exact) mass is 256 g/mol. The molecule has 0 aliphatic rings. The van der Waals surface area contributed by atoms with Gasteiger partial charge in [-0.2, -0.15) is 0 Å². The third-order valence-electron chi connectivity index (χ3n) is 2.95. The molecule has 0 amide bonds. The van der Waals surface area contributed by atoms with Crippen LogP contribution in [0.25, 0.3) is 16.8 Å². The highest BCUT2D eigenvalue weighted by atomic mass is 16.5. The molecule has 1 N–H and O–H groups in total. The smallest absolute Gasteiger partial charge is 0.303 e. The summed E-state index contributed by atoms with van der Waals surface area (Å²) < 4.78 is 5.23. The van der Waals surface area contributed by atoms with Gasteiger partial charge in [0.25, 0.3) is 0 Å². The van der Waals surface area contributed by atoms with Crippen LogP contribution >= 0.6 is 0 Å². The van der Waals surface area contributed by atoms with Crippen LogP contribution in [0.3, 0.4) is 0 Å². The van der Waals surface area contributed by atoms with Crippen LogP contribution in [-0.2, 0) is 4.79 Å². The van der Waals surface area contributed by atoms with Gasteiger partial charge in [-0.15, -0.1) is 0 Å². The molecule has 0 unspecified atom stereocenters. The Morgan fingerprint density at radius 3 is 2.89 bits per heavy atom. The second-order valence-electron chi connectivity index (χ2n) is 4.27. The Hall–Kier alpha value is -2.29. The summed E-state index contributed by atoms with van der Waals surface area (Å²) in [6.45, 7) is 0. The van der Waals surface area contributed by atoms with Crippen molar-refractivity contribution < 1.29 is 14.6 Å². The summed E-state index contributed by atoms with van der Waals surface area (Å²) in [5.41, 5.74) is 1.07. The molecule has 0 atom stereocenters. The van der Waals surface area contributed by atoms with Gasteiger partial charge in [0.1, 0.15) is 5.75 Å². The van der Waals surface area contributed by atoms with Crippen LogP contribution in [0.5, 0.6) is 5.75 Å². The molecule has 3 nitrogen and oxygen atoms in total. The number of hydrogen-bond donors (Lipinski definition) is 1. The minimum absolute atomic E-state index is 0.157. The Bertz CT molecular complexity index is 614. The molecule has 19 heavy (non-hydrogen) atoms. The lowest BCUT2D eigenvalue weighted by atomic mass is 10.0. The van der Waals surface area contributed by atoms with E-state index in [9.17, 15) is 4.79 Å². The molecule has 0 saturated heterocycles. The first-order valence-electron chi connectivity index (χ1n) is 6.16. The first-order chi connectivity index (χ1) is 9.20. The van der Waals surface area contributed by atoms with Crippen LogP contribution < -0.4 is 4.74 Å². The van der Waals surface area contributed by atoms with Crippen molar-refractivity contribution in [2.45, 2.75) is 12.8 Å². The topological polar surface area (TPSA) is 46.5 Å². The highest BCUT2D eigenvalue weighted by Gasteiger charge is 2.00. The second-order valence-corrected chi connectivity index (χ2v) is 4.27. The van der Waals surface area contributed by atoms with E-state index in [0.29, 0.717) is 6.42 Å². The van der Waals surface area contributed by atoms with E-state index in [-0.39, 0.29) is 6.42 Å². The normalized spacial score (nSPS) is 11.0. The summed E-state index contributed by atoms with van der Waals surface area (Å²) in [4.78, 5) is 10.5. The molecule has 2 aromatic carbocycles. The predicted octanol–water partition coefficient (Wildman–Crippen LogP) is 3.73. The fraction of sp³-hybridized carbons (Fsp3) is 0.188. The summed E-state index contributed by atoms with van der Waals surface area (Å²) in [5.74, 6) is 0.0446.